The number of aromatic nitrogens is 2. The molecule has 92 valence electrons. The number of nitrogens with zero attached hydrogens (tertiary/aromatic N) is 2. The first kappa shape index (κ1) is 13.8. The van der Waals surface area contributed by atoms with Crippen LogP contribution in [0.4, 0.5) is 0 Å². The van der Waals surface area contributed by atoms with Crippen molar-refractivity contribution in [3.63, 3.8) is 0 Å². The van der Waals surface area contributed by atoms with E-state index in [1.165, 1.54) is 12.1 Å². The molecule has 0 saturated heterocycles. The van der Waals surface area contributed by atoms with Crippen molar-refractivity contribution in [2.24, 2.45) is 11.8 Å². The third kappa shape index (κ3) is 3.93. The Hall–Kier alpha value is -0.310. The molecule has 3 heteroatoms. The first-order valence-electron chi connectivity index (χ1n) is 6.16. The molecule has 0 aliphatic rings. The summed E-state index contributed by atoms with van der Waals surface area (Å²) in [6, 6.07) is 2.22. The fraction of sp³-hybridized carbons (Fsp3) is 0.769. The van der Waals surface area contributed by atoms with Gasteiger partial charge < -0.3 is 0 Å². The lowest BCUT2D eigenvalue weighted by molar-refractivity contribution is 0.432. The van der Waals surface area contributed by atoms with E-state index in [2.05, 4.69) is 59.5 Å². The maximum absolute atomic E-state index is 4.50. The monoisotopic (exact) mass is 286 g/mol. The van der Waals surface area contributed by atoms with Gasteiger partial charge in [0.1, 0.15) is 0 Å². The van der Waals surface area contributed by atoms with Crippen molar-refractivity contribution in [2.45, 2.75) is 47.1 Å². The van der Waals surface area contributed by atoms with Crippen LogP contribution in [-0.4, -0.2) is 15.1 Å². The van der Waals surface area contributed by atoms with Crippen LogP contribution in [0.25, 0.3) is 0 Å². The smallest absolute Gasteiger partial charge is 0.0596 e. The van der Waals surface area contributed by atoms with Gasteiger partial charge in [-0.1, -0.05) is 29.8 Å². The highest BCUT2D eigenvalue weighted by Gasteiger charge is 2.13. The van der Waals surface area contributed by atoms with E-state index < -0.39 is 0 Å². The summed E-state index contributed by atoms with van der Waals surface area (Å²) < 4.78 is 2.13. The summed E-state index contributed by atoms with van der Waals surface area (Å²) in [5.41, 5.74) is 2.51. The molecule has 0 radical (unpaired) electrons. The summed E-state index contributed by atoms with van der Waals surface area (Å²) in [7, 11) is 0. The predicted molar refractivity (Wildman–Crippen MR) is 73.1 cm³/mol. The highest BCUT2D eigenvalue weighted by molar-refractivity contribution is 9.09. The average molecular weight is 287 g/mol. The third-order valence-corrected chi connectivity index (χ3v) is 3.72. The average Bonchev–Trinajstić information content (AvgIpc) is 2.57. The van der Waals surface area contributed by atoms with E-state index in [9.17, 15) is 0 Å². The molecule has 0 saturated carbocycles. The number of aryl methyl sites for hydroxylation is 2. The lowest BCUT2D eigenvalue weighted by Crippen LogP contribution is -2.13. The zero-order valence-corrected chi connectivity index (χ0v) is 12.4. The largest absolute Gasteiger partial charge is 0.270 e. The number of alkyl halides is 1. The summed E-state index contributed by atoms with van der Waals surface area (Å²) in [5.74, 6) is 1.49. The highest BCUT2D eigenvalue weighted by atomic mass is 79.9. The van der Waals surface area contributed by atoms with Crippen LogP contribution in [0.2, 0.25) is 0 Å². The minimum Gasteiger partial charge on any atom is -0.270 e. The Morgan fingerprint density at radius 3 is 2.62 bits per heavy atom. The summed E-state index contributed by atoms with van der Waals surface area (Å²) >= 11 is 3.63. The summed E-state index contributed by atoms with van der Waals surface area (Å²) in [6.07, 6.45) is 2.41. The number of hydrogen-bond donors (Lipinski definition) is 0. The standard InChI is InChI=1S/C13H23BrN2/c1-5-16-13(7-11(4)15-16)8-12(9-14)6-10(2)3/h7,10,12H,5-6,8-9H2,1-4H3. The Bertz CT molecular complexity index is 318. The van der Waals surface area contributed by atoms with Gasteiger partial charge in [0.05, 0.1) is 5.69 Å². The van der Waals surface area contributed by atoms with Crippen molar-refractivity contribution in [3.05, 3.63) is 17.5 Å². The van der Waals surface area contributed by atoms with Crippen LogP contribution in [0.15, 0.2) is 6.07 Å². The molecule has 0 aromatic carbocycles. The Morgan fingerprint density at radius 2 is 2.12 bits per heavy atom. The molecule has 1 unspecified atom stereocenters. The number of hydrogen-bond acceptors (Lipinski definition) is 1. The second-order valence-corrected chi connectivity index (χ2v) is 5.59. The number of halogens is 1. The normalized spacial score (nSPS) is 13.4. The molecule has 1 aromatic heterocycles. The van der Waals surface area contributed by atoms with Crippen LogP contribution in [0.3, 0.4) is 0 Å². The van der Waals surface area contributed by atoms with Crippen LogP contribution < -0.4 is 0 Å². The lowest BCUT2D eigenvalue weighted by atomic mass is 9.94. The molecule has 1 atom stereocenters. The maximum Gasteiger partial charge on any atom is 0.0596 e. The van der Waals surface area contributed by atoms with Crippen LogP contribution in [0, 0.1) is 18.8 Å². The van der Waals surface area contributed by atoms with E-state index in [0.717, 1.165) is 35.8 Å². The fourth-order valence-corrected chi connectivity index (χ4v) is 2.69. The maximum atomic E-state index is 4.50. The van der Waals surface area contributed by atoms with Crippen molar-refractivity contribution >= 4 is 15.9 Å². The minimum absolute atomic E-state index is 0.724. The molecule has 0 amide bonds. The van der Waals surface area contributed by atoms with Crippen LogP contribution in [0.1, 0.15) is 38.6 Å². The van der Waals surface area contributed by atoms with Gasteiger partial charge in [0.25, 0.3) is 0 Å². The Balaban J connectivity index is 2.69. The molecule has 1 rings (SSSR count). The Kier molecular flexibility index (Phi) is 5.53. The zero-order valence-electron chi connectivity index (χ0n) is 10.8. The van der Waals surface area contributed by atoms with E-state index in [4.69, 9.17) is 0 Å². The van der Waals surface area contributed by atoms with Crippen molar-refractivity contribution in [1.29, 1.82) is 0 Å². The molecule has 0 N–H and O–H groups in total. The van der Waals surface area contributed by atoms with Crippen LogP contribution in [-0.2, 0) is 13.0 Å². The van der Waals surface area contributed by atoms with Gasteiger partial charge in [0.15, 0.2) is 0 Å². The summed E-state index contributed by atoms with van der Waals surface area (Å²) in [4.78, 5) is 0. The van der Waals surface area contributed by atoms with Gasteiger partial charge in [-0.25, -0.2) is 0 Å². The highest BCUT2D eigenvalue weighted by Crippen LogP contribution is 2.20. The first-order valence-corrected chi connectivity index (χ1v) is 7.28. The lowest BCUT2D eigenvalue weighted by Gasteiger charge is -2.16. The van der Waals surface area contributed by atoms with E-state index in [1.807, 2.05) is 0 Å². The van der Waals surface area contributed by atoms with E-state index >= 15 is 0 Å². The van der Waals surface area contributed by atoms with Gasteiger partial charge in [0.2, 0.25) is 0 Å². The van der Waals surface area contributed by atoms with Crippen LogP contribution in [0.5, 0.6) is 0 Å². The molecule has 1 heterocycles. The third-order valence-electron chi connectivity index (χ3n) is 2.81. The molecule has 0 spiro atoms. The summed E-state index contributed by atoms with van der Waals surface area (Å²) in [5, 5.41) is 5.58. The van der Waals surface area contributed by atoms with Crippen molar-refractivity contribution in [1.82, 2.24) is 9.78 Å². The van der Waals surface area contributed by atoms with E-state index in [-0.39, 0.29) is 0 Å². The second kappa shape index (κ2) is 6.43. The topological polar surface area (TPSA) is 17.8 Å². The molecule has 16 heavy (non-hydrogen) atoms. The summed E-state index contributed by atoms with van der Waals surface area (Å²) in [6.45, 7) is 9.78. The van der Waals surface area contributed by atoms with Gasteiger partial charge in [0, 0.05) is 17.6 Å². The molecular weight excluding hydrogens is 264 g/mol. The van der Waals surface area contributed by atoms with E-state index in [1.54, 1.807) is 0 Å². The molecule has 0 aliphatic heterocycles. The quantitative estimate of drug-likeness (QED) is 0.727. The second-order valence-electron chi connectivity index (χ2n) is 4.95. The molecular formula is C13H23BrN2. The first-order chi connectivity index (χ1) is 7.56. The zero-order chi connectivity index (χ0) is 12.1. The predicted octanol–water partition coefficient (Wildman–Crippen LogP) is 3.81. The van der Waals surface area contributed by atoms with Gasteiger partial charge in [-0.3, -0.25) is 4.68 Å². The molecule has 0 aliphatic carbocycles. The minimum atomic E-state index is 0.724. The van der Waals surface area contributed by atoms with Crippen molar-refractivity contribution < 1.29 is 0 Å². The molecule has 0 fully saturated rings. The molecule has 2 nitrogen and oxygen atoms in total. The Labute approximate surface area is 108 Å². The SMILES string of the molecule is CCn1nc(C)cc1CC(CBr)CC(C)C. The Morgan fingerprint density at radius 1 is 1.44 bits per heavy atom. The van der Waals surface area contributed by atoms with Gasteiger partial charge >= 0.3 is 0 Å². The van der Waals surface area contributed by atoms with Gasteiger partial charge in [-0.2, -0.15) is 5.10 Å². The van der Waals surface area contributed by atoms with E-state index in [0.29, 0.717) is 0 Å². The van der Waals surface area contributed by atoms with Gasteiger partial charge in [-0.05, 0) is 44.6 Å². The number of rotatable bonds is 6. The molecule has 0 bridgehead atoms. The van der Waals surface area contributed by atoms with Crippen molar-refractivity contribution in [3.8, 4) is 0 Å². The van der Waals surface area contributed by atoms with Crippen LogP contribution >= 0.6 is 15.9 Å². The molecule has 1 aromatic rings. The van der Waals surface area contributed by atoms with Crippen molar-refractivity contribution in [2.75, 3.05) is 5.33 Å². The van der Waals surface area contributed by atoms with Gasteiger partial charge in [-0.15, -0.1) is 0 Å². The fourth-order valence-electron chi connectivity index (χ4n) is 2.20.